The van der Waals surface area contributed by atoms with Crippen LogP contribution in [0.3, 0.4) is 0 Å². The molecule has 2 amide bonds. The minimum atomic E-state index is -0.800. The zero-order chi connectivity index (χ0) is 21.1. The molecule has 6 heteroatoms. The summed E-state index contributed by atoms with van der Waals surface area (Å²) in [5, 5.41) is 0. The second-order valence-corrected chi connectivity index (χ2v) is 8.36. The molecule has 2 unspecified atom stereocenters. The summed E-state index contributed by atoms with van der Waals surface area (Å²) >= 11 is 0. The van der Waals surface area contributed by atoms with E-state index in [9.17, 15) is 14.0 Å². The second-order valence-electron chi connectivity index (χ2n) is 8.36. The van der Waals surface area contributed by atoms with Crippen LogP contribution in [0.4, 0.5) is 4.39 Å². The summed E-state index contributed by atoms with van der Waals surface area (Å²) in [5.41, 5.74) is 7.32. The Labute approximate surface area is 176 Å². The number of primary amides is 1. The number of nitrogens with two attached hydrogens (primary N) is 1. The first-order valence-electron chi connectivity index (χ1n) is 10.5. The van der Waals surface area contributed by atoms with Crippen LogP contribution in [0, 0.1) is 11.2 Å². The van der Waals surface area contributed by atoms with Crippen LogP contribution in [0.1, 0.15) is 31.2 Å². The van der Waals surface area contributed by atoms with Crippen LogP contribution in [0.5, 0.6) is 0 Å². The molecule has 0 spiro atoms. The first-order chi connectivity index (χ1) is 14.5. The van der Waals surface area contributed by atoms with Crippen LogP contribution >= 0.6 is 0 Å². The van der Waals surface area contributed by atoms with Gasteiger partial charge in [-0.05, 0) is 49.3 Å². The molecule has 0 aliphatic carbocycles. The summed E-state index contributed by atoms with van der Waals surface area (Å²) in [7, 11) is 0. The van der Waals surface area contributed by atoms with E-state index in [0.717, 1.165) is 30.4 Å². The first-order valence-corrected chi connectivity index (χ1v) is 10.5. The fraction of sp³-hybridized carbons (Fsp3) is 0.417. The topological polar surface area (TPSA) is 72.6 Å². The van der Waals surface area contributed by atoms with Crippen LogP contribution in [0.15, 0.2) is 48.5 Å². The maximum Gasteiger partial charge on any atom is 0.251 e. The molecule has 2 saturated heterocycles. The Bertz CT molecular complexity index is 924. The summed E-state index contributed by atoms with van der Waals surface area (Å²) in [6.45, 7) is 1.55. The molecule has 2 aliphatic rings. The molecule has 30 heavy (non-hydrogen) atoms. The highest BCUT2D eigenvalue weighted by atomic mass is 19.1. The fourth-order valence-corrected chi connectivity index (χ4v) is 4.62. The molecular weight excluding hydrogens is 383 g/mol. The summed E-state index contributed by atoms with van der Waals surface area (Å²) in [4.78, 5) is 27.1. The van der Waals surface area contributed by atoms with E-state index in [1.165, 1.54) is 6.07 Å². The number of likely N-dealkylation sites (tertiary alicyclic amines) is 1. The van der Waals surface area contributed by atoms with Crippen molar-refractivity contribution in [3.05, 3.63) is 59.9 Å². The monoisotopic (exact) mass is 410 g/mol. The maximum absolute atomic E-state index is 14.1. The van der Waals surface area contributed by atoms with Crippen LogP contribution in [-0.4, -0.2) is 42.5 Å². The van der Waals surface area contributed by atoms with Gasteiger partial charge in [-0.25, -0.2) is 4.39 Å². The molecule has 2 N–H and O–H groups in total. The number of hydrogen-bond donors (Lipinski definition) is 1. The molecule has 2 fully saturated rings. The Morgan fingerprint density at radius 1 is 1.13 bits per heavy atom. The number of benzene rings is 2. The van der Waals surface area contributed by atoms with Crippen molar-refractivity contribution in [2.24, 2.45) is 11.1 Å². The molecule has 0 bridgehead atoms. The lowest BCUT2D eigenvalue weighted by Gasteiger charge is -2.41. The number of hydrogen-bond acceptors (Lipinski definition) is 3. The molecule has 4 rings (SSSR count). The van der Waals surface area contributed by atoms with E-state index < -0.39 is 11.5 Å². The second kappa shape index (κ2) is 8.56. The molecule has 0 radical (unpaired) electrons. The van der Waals surface area contributed by atoms with Gasteiger partial charge in [-0.1, -0.05) is 42.5 Å². The first kappa shape index (κ1) is 20.5. The van der Waals surface area contributed by atoms with Crippen molar-refractivity contribution in [2.45, 2.75) is 38.2 Å². The predicted molar refractivity (Wildman–Crippen MR) is 112 cm³/mol. The van der Waals surface area contributed by atoms with E-state index in [1.807, 2.05) is 24.3 Å². The van der Waals surface area contributed by atoms with E-state index >= 15 is 0 Å². The molecule has 2 aromatic carbocycles. The van der Waals surface area contributed by atoms with Crippen LogP contribution in [0.2, 0.25) is 0 Å². The van der Waals surface area contributed by atoms with Crippen molar-refractivity contribution < 1.29 is 18.7 Å². The quantitative estimate of drug-likeness (QED) is 0.822. The number of piperidine rings is 1. The van der Waals surface area contributed by atoms with Crippen molar-refractivity contribution in [3.63, 3.8) is 0 Å². The Hall–Kier alpha value is -2.73. The molecule has 5 nitrogen and oxygen atoms in total. The number of amides is 2. The van der Waals surface area contributed by atoms with Crippen molar-refractivity contribution in [1.29, 1.82) is 0 Å². The van der Waals surface area contributed by atoms with Gasteiger partial charge in [0.25, 0.3) is 5.91 Å². The smallest absolute Gasteiger partial charge is 0.251 e. The zero-order valence-corrected chi connectivity index (χ0v) is 17.0. The zero-order valence-electron chi connectivity index (χ0n) is 17.0. The SMILES string of the molecule is NC(=O)C1(Cc2ccc(-c3ccccc3F)cc2)CCCN(C(=O)C2CCCO2)C1. The summed E-state index contributed by atoms with van der Waals surface area (Å²) in [5.74, 6) is -0.687. The molecule has 158 valence electrons. The minimum Gasteiger partial charge on any atom is -0.369 e. The van der Waals surface area contributed by atoms with Gasteiger partial charge in [-0.15, -0.1) is 0 Å². The highest BCUT2D eigenvalue weighted by Crippen LogP contribution is 2.35. The minimum absolute atomic E-state index is 0.0345. The van der Waals surface area contributed by atoms with Crippen molar-refractivity contribution in [3.8, 4) is 11.1 Å². The third-order valence-corrected chi connectivity index (χ3v) is 6.30. The van der Waals surface area contributed by atoms with Gasteiger partial charge in [0.2, 0.25) is 5.91 Å². The highest BCUT2D eigenvalue weighted by Gasteiger charge is 2.43. The van der Waals surface area contributed by atoms with Gasteiger partial charge in [0.15, 0.2) is 0 Å². The Morgan fingerprint density at radius 2 is 1.90 bits per heavy atom. The van der Waals surface area contributed by atoms with E-state index in [4.69, 9.17) is 10.5 Å². The number of ether oxygens (including phenoxy) is 1. The van der Waals surface area contributed by atoms with Gasteiger partial charge < -0.3 is 15.4 Å². The van der Waals surface area contributed by atoms with Crippen LogP contribution in [0.25, 0.3) is 11.1 Å². The molecule has 0 saturated carbocycles. The molecule has 2 aromatic rings. The van der Waals surface area contributed by atoms with Crippen molar-refractivity contribution >= 4 is 11.8 Å². The van der Waals surface area contributed by atoms with E-state index in [2.05, 4.69) is 0 Å². The van der Waals surface area contributed by atoms with Gasteiger partial charge in [-0.2, -0.15) is 0 Å². The number of halogens is 1. The van der Waals surface area contributed by atoms with Crippen molar-refractivity contribution in [2.75, 3.05) is 19.7 Å². The Kier molecular flexibility index (Phi) is 5.86. The standard InChI is InChI=1S/C24H27FN2O3/c25-20-6-2-1-5-19(20)18-10-8-17(9-11-18)15-24(23(26)29)12-4-13-27(16-24)22(28)21-7-3-14-30-21/h1-2,5-6,8-11,21H,3-4,7,12-16H2,(H2,26,29). The van der Waals surface area contributed by atoms with E-state index in [1.54, 1.807) is 23.1 Å². The lowest BCUT2D eigenvalue weighted by Crippen LogP contribution is -2.55. The van der Waals surface area contributed by atoms with Gasteiger partial charge in [0, 0.05) is 25.3 Å². The molecule has 2 atom stereocenters. The average Bonchev–Trinajstić information content (AvgIpc) is 3.29. The van der Waals surface area contributed by atoms with Gasteiger partial charge in [0.1, 0.15) is 11.9 Å². The lowest BCUT2D eigenvalue weighted by molar-refractivity contribution is -0.147. The number of rotatable bonds is 5. The predicted octanol–water partition coefficient (Wildman–Crippen LogP) is 3.31. The molecule has 0 aromatic heterocycles. The lowest BCUT2D eigenvalue weighted by atomic mass is 9.74. The third-order valence-electron chi connectivity index (χ3n) is 6.30. The van der Waals surface area contributed by atoms with Crippen molar-refractivity contribution in [1.82, 2.24) is 4.90 Å². The number of carbonyl (C=O) groups excluding carboxylic acids is 2. The number of carbonyl (C=O) groups is 2. The number of nitrogens with zero attached hydrogens (tertiary/aromatic N) is 1. The van der Waals surface area contributed by atoms with Crippen LogP contribution in [-0.2, 0) is 20.7 Å². The summed E-state index contributed by atoms with van der Waals surface area (Å²) in [6.07, 6.45) is 3.06. The van der Waals surface area contributed by atoms with Gasteiger partial charge in [-0.3, -0.25) is 9.59 Å². The van der Waals surface area contributed by atoms with Gasteiger partial charge in [0.05, 0.1) is 5.41 Å². The Morgan fingerprint density at radius 3 is 2.57 bits per heavy atom. The largest absolute Gasteiger partial charge is 0.369 e. The summed E-state index contributed by atoms with van der Waals surface area (Å²) in [6, 6.07) is 14.2. The maximum atomic E-state index is 14.1. The fourth-order valence-electron chi connectivity index (χ4n) is 4.62. The highest BCUT2D eigenvalue weighted by molar-refractivity contribution is 5.85. The van der Waals surface area contributed by atoms with Gasteiger partial charge >= 0.3 is 0 Å². The van der Waals surface area contributed by atoms with Crippen LogP contribution < -0.4 is 5.73 Å². The average molecular weight is 410 g/mol. The molecule has 2 aliphatic heterocycles. The molecular formula is C24H27FN2O3. The summed E-state index contributed by atoms with van der Waals surface area (Å²) < 4.78 is 19.6. The normalized spacial score (nSPS) is 24.0. The molecule has 2 heterocycles. The van der Waals surface area contributed by atoms with E-state index in [-0.39, 0.29) is 17.6 Å². The van der Waals surface area contributed by atoms with E-state index in [0.29, 0.717) is 38.1 Å². The third kappa shape index (κ3) is 4.10. The Balaban J connectivity index is 1.52.